The average Bonchev–Trinajstić information content (AvgIpc) is 3.29. The van der Waals surface area contributed by atoms with Crippen LogP contribution in [0, 0.1) is 0 Å². The normalized spacial score (nSPS) is 18.4. The lowest BCUT2D eigenvalue weighted by Crippen LogP contribution is -2.52. The van der Waals surface area contributed by atoms with Gasteiger partial charge in [-0.1, -0.05) is 78.3 Å². The van der Waals surface area contributed by atoms with E-state index in [9.17, 15) is 24.0 Å². The zero-order valence-corrected chi connectivity index (χ0v) is 30.6. The van der Waals surface area contributed by atoms with Gasteiger partial charge in [0.05, 0.1) is 6.42 Å². The standard InChI is InChI=1S/C41H45ClN6O5/c1-27-18-21-47(35(40(43)52)26-30-8-4-7-29-6-2-3-11-34(29)30)41(53)39(31-9-5-10-32(42)25-31)48(27)38(51)24-28-12-14-33(15-13-28)45-36(49)16-17-37(50)46-22-19-44-20-23-46/h2-15,25,27,35,39,44H,16-24,26H2,1H3,(H2,43,52)(H,45,49). The van der Waals surface area contributed by atoms with Gasteiger partial charge in [-0.2, -0.15) is 0 Å². The van der Waals surface area contributed by atoms with Gasteiger partial charge in [-0.3, -0.25) is 24.0 Å². The van der Waals surface area contributed by atoms with E-state index in [0.717, 1.165) is 29.4 Å². The molecule has 2 aliphatic heterocycles. The van der Waals surface area contributed by atoms with Gasteiger partial charge in [0.25, 0.3) is 5.91 Å². The Morgan fingerprint density at radius 1 is 0.887 bits per heavy atom. The molecule has 5 amide bonds. The second-order valence-corrected chi connectivity index (χ2v) is 14.2. The van der Waals surface area contributed by atoms with Crippen molar-refractivity contribution in [3.05, 3.63) is 113 Å². The summed E-state index contributed by atoms with van der Waals surface area (Å²) in [5.41, 5.74) is 8.71. The largest absolute Gasteiger partial charge is 0.368 e. The summed E-state index contributed by atoms with van der Waals surface area (Å²) >= 11 is 6.43. The van der Waals surface area contributed by atoms with Crippen LogP contribution in [0.5, 0.6) is 0 Å². The number of anilines is 1. The van der Waals surface area contributed by atoms with Gasteiger partial charge in [0, 0.05) is 68.7 Å². The van der Waals surface area contributed by atoms with Gasteiger partial charge in [0.1, 0.15) is 12.1 Å². The van der Waals surface area contributed by atoms with Crippen LogP contribution < -0.4 is 16.4 Å². The SMILES string of the molecule is CC1CCN(C(Cc2cccc3ccccc23)C(N)=O)C(=O)C(c2cccc(Cl)c2)N1C(=O)Cc1ccc(NC(=O)CCC(=O)N2CCNCC2)cc1. The summed E-state index contributed by atoms with van der Waals surface area (Å²) in [6, 6.07) is 25.2. The molecule has 53 heavy (non-hydrogen) atoms. The molecular weight excluding hydrogens is 692 g/mol. The lowest BCUT2D eigenvalue weighted by molar-refractivity contribution is -0.148. The highest BCUT2D eigenvalue weighted by atomic mass is 35.5. The third-order valence-electron chi connectivity index (χ3n) is 10.1. The molecule has 3 atom stereocenters. The number of benzene rings is 4. The number of amides is 5. The molecule has 3 unspecified atom stereocenters. The molecule has 4 aromatic carbocycles. The molecule has 2 aliphatic rings. The minimum atomic E-state index is -1.05. The van der Waals surface area contributed by atoms with E-state index in [4.69, 9.17) is 17.3 Å². The van der Waals surface area contributed by atoms with Gasteiger partial charge in [-0.05, 0) is 65.1 Å². The maximum Gasteiger partial charge on any atom is 0.250 e. The monoisotopic (exact) mass is 736 g/mol. The first-order valence-electron chi connectivity index (χ1n) is 18.1. The molecule has 6 rings (SSSR count). The number of fused-ring (bicyclic) bond motifs is 1. The smallest absolute Gasteiger partial charge is 0.250 e. The Morgan fingerprint density at radius 2 is 1.60 bits per heavy atom. The molecule has 0 aromatic heterocycles. The second kappa shape index (κ2) is 17.0. The Balaban J connectivity index is 1.19. The van der Waals surface area contributed by atoms with Crippen molar-refractivity contribution in [3.8, 4) is 0 Å². The van der Waals surface area contributed by atoms with Crippen LogP contribution in [-0.4, -0.2) is 89.0 Å². The van der Waals surface area contributed by atoms with Crippen LogP contribution in [0.4, 0.5) is 5.69 Å². The van der Waals surface area contributed by atoms with E-state index in [1.54, 1.807) is 58.3 Å². The number of nitrogens with two attached hydrogens (primary N) is 1. The molecular formula is C41H45ClN6O5. The van der Waals surface area contributed by atoms with Crippen LogP contribution in [0.3, 0.4) is 0 Å². The number of nitrogens with one attached hydrogen (secondary N) is 2. The highest BCUT2D eigenvalue weighted by Gasteiger charge is 2.43. The molecule has 2 saturated heterocycles. The fraction of sp³-hybridized carbons (Fsp3) is 0.341. The molecule has 11 nitrogen and oxygen atoms in total. The first-order valence-corrected chi connectivity index (χ1v) is 18.5. The molecule has 0 spiro atoms. The number of piperazine rings is 1. The van der Waals surface area contributed by atoms with Crippen molar-refractivity contribution in [2.45, 2.75) is 57.2 Å². The van der Waals surface area contributed by atoms with Crippen molar-refractivity contribution >= 4 is 57.6 Å². The molecule has 0 aliphatic carbocycles. The minimum Gasteiger partial charge on any atom is -0.368 e. The van der Waals surface area contributed by atoms with E-state index >= 15 is 0 Å². The summed E-state index contributed by atoms with van der Waals surface area (Å²) in [7, 11) is 0. The zero-order chi connectivity index (χ0) is 37.5. The number of primary amides is 1. The number of hydrogen-bond acceptors (Lipinski definition) is 6. The molecule has 4 N–H and O–H groups in total. The Labute approximate surface area is 314 Å². The van der Waals surface area contributed by atoms with Crippen molar-refractivity contribution in [2.24, 2.45) is 5.73 Å². The van der Waals surface area contributed by atoms with Crippen LogP contribution >= 0.6 is 11.6 Å². The van der Waals surface area contributed by atoms with Gasteiger partial charge in [0.2, 0.25) is 23.6 Å². The highest BCUT2D eigenvalue weighted by molar-refractivity contribution is 6.30. The van der Waals surface area contributed by atoms with Crippen LogP contribution in [0.2, 0.25) is 5.02 Å². The molecule has 2 heterocycles. The summed E-state index contributed by atoms with van der Waals surface area (Å²) in [5.74, 6) is -1.60. The Kier molecular flexibility index (Phi) is 12.1. The summed E-state index contributed by atoms with van der Waals surface area (Å²) in [4.78, 5) is 72.1. The summed E-state index contributed by atoms with van der Waals surface area (Å²) in [6.45, 7) is 4.92. The lowest BCUT2D eigenvalue weighted by atomic mass is 9.96. The average molecular weight is 737 g/mol. The van der Waals surface area contributed by atoms with Gasteiger partial charge < -0.3 is 31.1 Å². The summed E-state index contributed by atoms with van der Waals surface area (Å²) in [5, 5.41) is 8.45. The predicted octanol–water partition coefficient (Wildman–Crippen LogP) is 4.47. The van der Waals surface area contributed by atoms with E-state index in [0.29, 0.717) is 41.3 Å². The third-order valence-corrected chi connectivity index (χ3v) is 10.4. The first-order chi connectivity index (χ1) is 25.6. The number of nitrogens with zero attached hydrogens (tertiary/aromatic N) is 3. The lowest BCUT2D eigenvalue weighted by Gasteiger charge is -2.36. The van der Waals surface area contributed by atoms with Crippen LogP contribution in [0.15, 0.2) is 91.0 Å². The zero-order valence-electron chi connectivity index (χ0n) is 29.8. The van der Waals surface area contributed by atoms with Crippen molar-refractivity contribution in [3.63, 3.8) is 0 Å². The van der Waals surface area contributed by atoms with Crippen LogP contribution in [0.25, 0.3) is 10.8 Å². The number of rotatable bonds is 11. The Hall–Kier alpha value is -5.26. The topological polar surface area (TPSA) is 145 Å². The van der Waals surface area contributed by atoms with Crippen LogP contribution in [0.1, 0.15) is 48.9 Å². The number of carbonyl (C=O) groups is 5. The maximum atomic E-state index is 14.7. The van der Waals surface area contributed by atoms with E-state index in [1.807, 2.05) is 49.4 Å². The summed E-state index contributed by atoms with van der Waals surface area (Å²) < 4.78 is 0. The fourth-order valence-corrected chi connectivity index (χ4v) is 7.51. The number of halogens is 1. The van der Waals surface area contributed by atoms with Gasteiger partial charge >= 0.3 is 0 Å². The number of carbonyl (C=O) groups excluding carboxylic acids is 5. The predicted molar refractivity (Wildman–Crippen MR) is 205 cm³/mol. The van der Waals surface area contributed by atoms with Crippen molar-refractivity contribution in [1.29, 1.82) is 0 Å². The van der Waals surface area contributed by atoms with Gasteiger partial charge in [-0.25, -0.2) is 0 Å². The molecule has 276 valence electrons. The Bertz CT molecular complexity index is 1980. The number of hydrogen-bond donors (Lipinski definition) is 3. The van der Waals surface area contributed by atoms with Crippen molar-refractivity contribution in [1.82, 2.24) is 20.0 Å². The minimum absolute atomic E-state index is 0.00262. The van der Waals surface area contributed by atoms with E-state index in [2.05, 4.69) is 10.6 Å². The van der Waals surface area contributed by atoms with E-state index < -0.39 is 23.9 Å². The summed E-state index contributed by atoms with van der Waals surface area (Å²) in [6.07, 6.45) is 0.861. The quantitative estimate of drug-likeness (QED) is 0.207. The molecule has 4 aromatic rings. The molecule has 2 fully saturated rings. The van der Waals surface area contributed by atoms with Gasteiger partial charge in [-0.15, -0.1) is 0 Å². The fourth-order valence-electron chi connectivity index (χ4n) is 7.32. The first kappa shape index (κ1) is 37.5. The molecule has 0 saturated carbocycles. The van der Waals surface area contributed by atoms with Crippen molar-refractivity contribution < 1.29 is 24.0 Å². The highest BCUT2D eigenvalue weighted by Crippen LogP contribution is 2.34. The van der Waals surface area contributed by atoms with E-state index in [-0.39, 0.29) is 56.0 Å². The van der Waals surface area contributed by atoms with Crippen molar-refractivity contribution in [2.75, 3.05) is 38.0 Å². The molecule has 0 radical (unpaired) electrons. The van der Waals surface area contributed by atoms with Crippen LogP contribution in [-0.2, 0) is 36.8 Å². The third kappa shape index (κ3) is 9.04. The maximum absolute atomic E-state index is 14.7. The van der Waals surface area contributed by atoms with Gasteiger partial charge in [0.15, 0.2) is 0 Å². The second-order valence-electron chi connectivity index (χ2n) is 13.7. The Morgan fingerprint density at radius 3 is 2.34 bits per heavy atom. The molecule has 0 bridgehead atoms. The molecule has 12 heteroatoms. The van der Waals surface area contributed by atoms with E-state index in [1.165, 1.54) is 4.90 Å².